The fraction of sp³-hybridized carbons (Fsp3) is 0.538. The zero-order valence-corrected chi connectivity index (χ0v) is 12.9. The molecule has 0 saturated carbocycles. The second kappa shape index (κ2) is 8.28. The lowest BCUT2D eigenvalue weighted by Gasteiger charge is -2.35. The summed E-state index contributed by atoms with van der Waals surface area (Å²) in [5.41, 5.74) is 0.934. The Bertz CT molecular complexity index is 397. The molecular formula is C13H18Cl3FN2. The number of nitrogens with one attached hydrogen (secondary N) is 1. The van der Waals surface area contributed by atoms with Gasteiger partial charge in [0.2, 0.25) is 0 Å². The summed E-state index contributed by atoms with van der Waals surface area (Å²) in [6, 6.07) is 5.42. The summed E-state index contributed by atoms with van der Waals surface area (Å²) < 4.78 is 12.8. The van der Waals surface area contributed by atoms with Crippen molar-refractivity contribution in [1.29, 1.82) is 0 Å². The van der Waals surface area contributed by atoms with Crippen LogP contribution < -0.4 is 5.32 Å². The highest BCUT2D eigenvalue weighted by molar-refractivity contribution is 6.33. The lowest BCUT2D eigenvalue weighted by Crippen LogP contribution is -2.45. The van der Waals surface area contributed by atoms with Crippen LogP contribution in [-0.4, -0.2) is 37.8 Å². The zero-order chi connectivity index (χ0) is 13.0. The monoisotopic (exact) mass is 326 g/mol. The molecule has 108 valence electrons. The molecule has 0 unspecified atom stereocenters. The molecule has 19 heavy (non-hydrogen) atoms. The van der Waals surface area contributed by atoms with E-state index in [1.54, 1.807) is 12.1 Å². The molecule has 0 amide bonds. The average molecular weight is 328 g/mol. The van der Waals surface area contributed by atoms with Crippen LogP contribution in [0, 0.1) is 0 Å². The maximum absolute atomic E-state index is 12.8. The average Bonchev–Trinajstić information content (AvgIpc) is 2.40. The van der Waals surface area contributed by atoms with Gasteiger partial charge in [0.25, 0.3) is 0 Å². The van der Waals surface area contributed by atoms with Crippen LogP contribution in [0.2, 0.25) is 10.0 Å². The van der Waals surface area contributed by atoms with Gasteiger partial charge in [-0.25, -0.2) is 0 Å². The van der Waals surface area contributed by atoms with Crippen molar-refractivity contribution in [3.8, 4) is 0 Å². The van der Waals surface area contributed by atoms with Gasteiger partial charge in [-0.15, -0.1) is 12.4 Å². The molecule has 1 N–H and O–H groups in total. The molecule has 0 bridgehead atoms. The Balaban J connectivity index is 0.00000180. The molecule has 6 heteroatoms. The summed E-state index contributed by atoms with van der Waals surface area (Å²) in [7, 11) is 0. The number of benzene rings is 1. The summed E-state index contributed by atoms with van der Waals surface area (Å²) in [6.07, 6.45) is 0.458. The van der Waals surface area contributed by atoms with E-state index in [1.807, 2.05) is 6.07 Å². The topological polar surface area (TPSA) is 15.3 Å². The predicted octanol–water partition coefficient (Wildman–Crippen LogP) is 3.72. The van der Waals surface area contributed by atoms with Crippen molar-refractivity contribution in [2.45, 2.75) is 12.5 Å². The molecule has 0 aromatic heterocycles. The number of halogens is 4. The molecule has 2 rings (SSSR count). The summed E-state index contributed by atoms with van der Waals surface area (Å²) in [5.74, 6) is 0. The maximum Gasteiger partial charge on any atom is 0.0912 e. The largest absolute Gasteiger partial charge is 0.314 e. The first-order valence-electron chi connectivity index (χ1n) is 6.18. The Labute approximate surface area is 129 Å². The van der Waals surface area contributed by atoms with E-state index >= 15 is 0 Å². The van der Waals surface area contributed by atoms with Crippen molar-refractivity contribution in [3.63, 3.8) is 0 Å². The van der Waals surface area contributed by atoms with Gasteiger partial charge in [-0.3, -0.25) is 9.29 Å². The van der Waals surface area contributed by atoms with Crippen molar-refractivity contribution >= 4 is 35.6 Å². The van der Waals surface area contributed by atoms with Gasteiger partial charge in [-0.2, -0.15) is 0 Å². The van der Waals surface area contributed by atoms with Gasteiger partial charge < -0.3 is 5.32 Å². The van der Waals surface area contributed by atoms with Crippen LogP contribution in [-0.2, 0) is 0 Å². The second-order valence-corrected chi connectivity index (χ2v) is 5.29. The van der Waals surface area contributed by atoms with Gasteiger partial charge in [-0.1, -0.05) is 23.2 Å². The number of nitrogens with zero attached hydrogens (tertiary/aromatic N) is 1. The highest BCUT2D eigenvalue weighted by atomic mass is 35.5. The third kappa shape index (κ3) is 4.47. The van der Waals surface area contributed by atoms with Crippen molar-refractivity contribution in [3.05, 3.63) is 33.8 Å². The fourth-order valence-corrected chi connectivity index (χ4v) is 2.83. The van der Waals surface area contributed by atoms with Crippen molar-refractivity contribution in [1.82, 2.24) is 10.2 Å². The molecule has 2 nitrogen and oxygen atoms in total. The van der Waals surface area contributed by atoms with Crippen molar-refractivity contribution < 1.29 is 4.39 Å². The molecule has 1 atom stereocenters. The smallest absolute Gasteiger partial charge is 0.0912 e. The summed E-state index contributed by atoms with van der Waals surface area (Å²) in [5, 5.41) is 4.60. The van der Waals surface area contributed by atoms with Crippen LogP contribution in [0.4, 0.5) is 4.39 Å². The zero-order valence-electron chi connectivity index (χ0n) is 10.5. The van der Waals surface area contributed by atoms with E-state index in [0.29, 0.717) is 16.5 Å². The minimum absolute atomic E-state index is 0. The van der Waals surface area contributed by atoms with E-state index in [2.05, 4.69) is 10.2 Å². The number of piperazine rings is 1. The van der Waals surface area contributed by atoms with Crippen molar-refractivity contribution in [2.24, 2.45) is 0 Å². The molecule has 1 heterocycles. The van der Waals surface area contributed by atoms with Crippen LogP contribution in [0.25, 0.3) is 0 Å². The van der Waals surface area contributed by atoms with E-state index in [0.717, 1.165) is 31.7 Å². The maximum atomic E-state index is 12.8. The predicted molar refractivity (Wildman–Crippen MR) is 81.5 cm³/mol. The van der Waals surface area contributed by atoms with Crippen LogP contribution in [0.15, 0.2) is 18.2 Å². The van der Waals surface area contributed by atoms with Crippen molar-refractivity contribution in [2.75, 3.05) is 32.9 Å². The Morgan fingerprint density at radius 2 is 1.95 bits per heavy atom. The number of hydrogen-bond donors (Lipinski definition) is 1. The Morgan fingerprint density at radius 1 is 1.26 bits per heavy atom. The molecular weight excluding hydrogens is 310 g/mol. The molecule has 1 saturated heterocycles. The normalized spacial score (nSPS) is 17.8. The first-order valence-corrected chi connectivity index (χ1v) is 6.93. The summed E-state index contributed by atoms with van der Waals surface area (Å²) in [4.78, 5) is 2.27. The van der Waals surface area contributed by atoms with E-state index in [-0.39, 0.29) is 25.1 Å². The van der Waals surface area contributed by atoms with Gasteiger partial charge in [0, 0.05) is 42.3 Å². The standard InChI is InChI=1S/C13H17Cl2FN2.ClH/c14-10-1-2-12(15)11(9-10)13(3-4-16)18-7-5-17-6-8-18;/h1-2,9,13,17H,3-8H2;1H/t13-;/m1./s1. The van der Waals surface area contributed by atoms with Crippen LogP contribution in [0.3, 0.4) is 0 Å². The molecule has 1 aromatic carbocycles. The van der Waals surface area contributed by atoms with Gasteiger partial charge >= 0.3 is 0 Å². The lowest BCUT2D eigenvalue weighted by atomic mass is 10.0. The highest BCUT2D eigenvalue weighted by Crippen LogP contribution is 2.32. The number of hydrogen-bond acceptors (Lipinski definition) is 2. The highest BCUT2D eigenvalue weighted by Gasteiger charge is 2.23. The Kier molecular flexibility index (Phi) is 7.40. The van der Waals surface area contributed by atoms with Gasteiger partial charge in [0.15, 0.2) is 0 Å². The molecule has 0 spiro atoms. The molecule has 0 aliphatic carbocycles. The Hall–Kier alpha value is -0.0600. The van der Waals surface area contributed by atoms with E-state index in [9.17, 15) is 4.39 Å². The summed E-state index contributed by atoms with van der Waals surface area (Å²) >= 11 is 12.2. The number of rotatable bonds is 4. The van der Waals surface area contributed by atoms with Gasteiger partial charge in [-0.05, 0) is 30.2 Å². The molecule has 0 radical (unpaired) electrons. The quantitative estimate of drug-likeness (QED) is 0.906. The first kappa shape index (κ1) is 17.0. The fourth-order valence-electron chi connectivity index (χ4n) is 2.40. The SMILES string of the molecule is Cl.FCC[C@H](c1cc(Cl)ccc1Cl)N1CCNCC1. The van der Waals surface area contributed by atoms with Crippen LogP contribution >= 0.6 is 35.6 Å². The van der Waals surface area contributed by atoms with Gasteiger partial charge in [0.05, 0.1) is 6.67 Å². The third-order valence-electron chi connectivity index (χ3n) is 3.29. The summed E-state index contributed by atoms with van der Waals surface area (Å²) in [6.45, 7) is 3.33. The van der Waals surface area contributed by atoms with E-state index < -0.39 is 0 Å². The molecule has 1 fully saturated rings. The lowest BCUT2D eigenvalue weighted by molar-refractivity contribution is 0.157. The first-order chi connectivity index (χ1) is 8.72. The molecule has 1 aliphatic heterocycles. The van der Waals surface area contributed by atoms with E-state index in [4.69, 9.17) is 23.2 Å². The molecule has 1 aliphatic rings. The second-order valence-electron chi connectivity index (χ2n) is 4.45. The van der Waals surface area contributed by atoms with Crippen LogP contribution in [0.5, 0.6) is 0 Å². The van der Waals surface area contributed by atoms with E-state index in [1.165, 1.54) is 0 Å². The minimum atomic E-state index is -0.350. The van der Waals surface area contributed by atoms with Gasteiger partial charge in [0.1, 0.15) is 0 Å². The third-order valence-corrected chi connectivity index (χ3v) is 3.87. The number of alkyl halides is 1. The minimum Gasteiger partial charge on any atom is -0.314 e. The Morgan fingerprint density at radius 3 is 2.58 bits per heavy atom. The van der Waals surface area contributed by atoms with Crippen LogP contribution in [0.1, 0.15) is 18.0 Å². The molecule has 1 aromatic rings.